The third kappa shape index (κ3) is 8.06. The fraction of sp³-hybridized carbons (Fsp3) is 0.800. The van der Waals surface area contributed by atoms with Crippen LogP contribution in [0.4, 0.5) is 0 Å². The predicted molar refractivity (Wildman–Crippen MR) is 59.3 cm³/mol. The van der Waals surface area contributed by atoms with Gasteiger partial charge in [-0.25, -0.2) is 0 Å². The summed E-state index contributed by atoms with van der Waals surface area (Å²) >= 11 is 0. The molecule has 0 unspecified atom stereocenters. The first kappa shape index (κ1) is 12.7. The first-order valence-electron chi connectivity index (χ1n) is 4.91. The Kier molecular flexibility index (Phi) is 6.08. The van der Waals surface area contributed by atoms with Crippen LogP contribution in [0.25, 0.3) is 0 Å². The summed E-state index contributed by atoms with van der Waals surface area (Å²) in [5, 5.41) is 0. The maximum atomic E-state index is 5.66. The highest BCUT2D eigenvalue weighted by Crippen LogP contribution is 2.04. The molecule has 0 N–H and O–H groups in total. The summed E-state index contributed by atoms with van der Waals surface area (Å²) in [5.74, 6) is 1.05. The maximum Gasteiger partial charge on any atom is 0.183 e. The normalized spacial score (nSPS) is 13.2. The van der Waals surface area contributed by atoms with Crippen LogP contribution in [0.2, 0.25) is 19.6 Å². The van der Waals surface area contributed by atoms with E-state index in [1.165, 1.54) is 0 Å². The second-order valence-electron chi connectivity index (χ2n) is 3.92. The van der Waals surface area contributed by atoms with Gasteiger partial charge >= 0.3 is 0 Å². The molecule has 0 aliphatic rings. The molecule has 0 radical (unpaired) electrons. The summed E-state index contributed by atoms with van der Waals surface area (Å²) in [7, 11) is -1.35. The minimum absolute atomic E-state index is 0.678. The molecule has 0 aromatic carbocycles. The SMILES string of the molecule is C/C=C(\CC)OCCO[Si](C)(C)C. The van der Waals surface area contributed by atoms with E-state index in [2.05, 4.69) is 26.6 Å². The molecule has 0 aromatic heterocycles. The lowest BCUT2D eigenvalue weighted by atomic mass is 10.4. The van der Waals surface area contributed by atoms with Crippen molar-refractivity contribution in [3.63, 3.8) is 0 Å². The van der Waals surface area contributed by atoms with Crippen molar-refractivity contribution >= 4 is 8.32 Å². The van der Waals surface area contributed by atoms with Crippen molar-refractivity contribution in [1.29, 1.82) is 0 Å². The van der Waals surface area contributed by atoms with Crippen molar-refractivity contribution in [3.8, 4) is 0 Å². The van der Waals surface area contributed by atoms with E-state index in [4.69, 9.17) is 9.16 Å². The lowest BCUT2D eigenvalue weighted by Crippen LogP contribution is -2.27. The average molecular weight is 202 g/mol. The highest BCUT2D eigenvalue weighted by molar-refractivity contribution is 6.69. The van der Waals surface area contributed by atoms with Crippen LogP contribution in [0.1, 0.15) is 20.3 Å². The molecule has 0 saturated heterocycles. The van der Waals surface area contributed by atoms with E-state index in [9.17, 15) is 0 Å². The summed E-state index contributed by atoms with van der Waals surface area (Å²) < 4.78 is 11.1. The molecule has 0 bridgehead atoms. The van der Waals surface area contributed by atoms with Crippen molar-refractivity contribution in [3.05, 3.63) is 11.8 Å². The first-order valence-corrected chi connectivity index (χ1v) is 8.32. The highest BCUT2D eigenvalue weighted by Gasteiger charge is 2.13. The van der Waals surface area contributed by atoms with E-state index >= 15 is 0 Å². The van der Waals surface area contributed by atoms with Crippen molar-refractivity contribution < 1.29 is 9.16 Å². The zero-order chi connectivity index (χ0) is 10.3. The quantitative estimate of drug-likeness (QED) is 0.374. The number of hydrogen-bond acceptors (Lipinski definition) is 2. The molecule has 0 aliphatic carbocycles. The van der Waals surface area contributed by atoms with Gasteiger partial charge in [0.15, 0.2) is 8.32 Å². The fourth-order valence-electron chi connectivity index (χ4n) is 0.910. The topological polar surface area (TPSA) is 18.5 Å². The van der Waals surface area contributed by atoms with Gasteiger partial charge in [-0.2, -0.15) is 0 Å². The van der Waals surface area contributed by atoms with Crippen LogP contribution in [0.3, 0.4) is 0 Å². The molecule has 0 amide bonds. The van der Waals surface area contributed by atoms with E-state index in [1.54, 1.807) is 0 Å². The Hall–Kier alpha value is -0.283. The van der Waals surface area contributed by atoms with Gasteiger partial charge in [0.2, 0.25) is 0 Å². The van der Waals surface area contributed by atoms with Gasteiger partial charge in [0.25, 0.3) is 0 Å². The Morgan fingerprint density at radius 3 is 2.23 bits per heavy atom. The van der Waals surface area contributed by atoms with Gasteiger partial charge < -0.3 is 9.16 Å². The van der Waals surface area contributed by atoms with Crippen molar-refractivity contribution in [2.75, 3.05) is 13.2 Å². The molecule has 2 nitrogen and oxygen atoms in total. The first-order chi connectivity index (χ1) is 5.99. The Labute approximate surface area is 83.1 Å². The minimum atomic E-state index is -1.35. The number of allylic oxidation sites excluding steroid dienone is 2. The van der Waals surface area contributed by atoms with Crippen LogP contribution in [-0.2, 0) is 9.16 Å². The van der Waals surface area contributed by atoms with E-state index in [1.807, 2.05) is 13.0 Å². The molecule has 0 heterocycles. The molecule has 0 aromatic rings. The van der Waals surface area contributed by atoms with Crippen LogP contribution < -0.4 is 0 Å². The minimum Gasteiger partial charge on any atom is -0.496 e. The Morgan fingerprint density at radius 2 is 1.85 bits per heavy atom. The van der Waals surface area contributed by atoms with Crippen LogP contribution >= 0.6 is 0 Å². The second kappa shape index (κ2) is 6.21. The zero-order valence-electron chi connectivity index (χ0n) is 9.52. The van der Waals surface area contributed by atoms with Gasteiger partial charge in [-0.05, 0) is 32.6 Å². The number of hydrogen-bond donors (Lipinski definition) is 0. The molecule has 0 aliphatic heterocycles. The number of ether oxygens (including phenoxy) is 1. The van der Waals surface area contributed by atoms with Gasteiger partial charge in [-0.1, -0.05) is 6.92 Å². The van der Waals surface area contributed by atoms with Crippen molar-refractivity contribution in [2.24, 2.45) is 0 Å². The van der Waals surface area contributed by atoms with Gasteiger partial charge in [0.05, 0.1) is 12.4 Å². The fourth-order valence-corrected chi connectivity index (χ4v) is 1.61. The molecule has 78 valence electrons. The average Bonchev–Trinajstić information content (AvgIpc) is 2.03. The molecule has 0 spiro atoms. The third-order valence-electron chi connectivity index (χ3n) is 1.58. The Bertz CT molecular complexity index is 159. The predicted octanol–water partition coefficient (Wildman–Crippen LogP) is 3.17. The summed E-state index contributed by atoms with van der Waals surface area (Å²) in [6.45, 7) is 12.0. The van der Waals surface area contributed by atoms with E-state index in [-0.39, 0.29) is 0 Å². The summed E-state index contributed by atoms with van der Waals surface area (Å²) in [4.78, 5) is 0. The molecule has 0 saturated carbocycles. The van der Waals surface area contributed by atoms with E-state index in [0.717, 1.165) is 12.2 Å². The van der Waals surface area contributed by atoms with Gasteiger partial charge in [0.1, 0.15) is 6.61 Å². The van der Waals surface area contributed by atoms with Gasteiger partial charge in [-0.3, -0.25) is 0 Å². The smallest absolute Gasteiger partial charge is 0.183 e. The molecule has 0 atom stereocenters. The maximum absolute atomic E-state index is 5.66. The van der Waals surface area contributed by atoms with E-state index < -0.39 is 8.32 Å². The molecule has 3 heteroatoms. The van der Waals surface area contributed by atoms with Crippen LogP contribution in [0, 0.1) is 0 Å². The molecule has 13 heavy (non-hydrogen) atoms. The van der Waals surface area contributed by atoms with Crippen LogP contribution in [-0.4, -0.2) is 21.5 Å². The molecule has 0 fully saturated rings. The highest BCUT2D eigenvalue weighted by atomic mass is 28.4. The largest absolute Gasteiger partial charge is 0.496 e. The third-order valence-corrected chi connectivity index (χ3v) is 2.65. The van der Waals surface area contributed by atoms with Crippen molar-refractivity contribution in [2.45, 2.75) is 39.9 Å². The van der Waals surface area contributed by atoms with E-state index in [0.29, 0.717) is 13.2 Å². The summed E-state index contributed by atoms with van der Waals surface area (Å²) in [6.07, 6.45) is 2.97. The second-order valence-corrected chi connectivity index (χ2v) is 8.43. The monoisotopic (exact) mass is 202 g/mol. The molecular weight excluding hydrogens is 180 g/mol. The standard InChI is InChI=1S/C10H22O2Si/c1-6-10(7-2)11-8-9-12-13(3,4)5/h6H,7-9H2,1-5H3/b10-6+. The zero-order valence-corrected chi connectivity index (χ0v) is 10.5. The van der Waals surface area contributed by atoms with Gasteiger partial charge in [0, 0.05) is 6.42 Å². The lowest BCUT2D eigenvalue weighted by Gasteiger charge is -2.17. The summed E-state index contributed by atoms with van der Waals surface area (Å²) in [5.41, 5.74) is 0. The lowest BCUT2D eigenvalue weighted by molar-refractivity contribution is 0.148. The Morgan fingerprint density at radius 1 is 1.23 bits per heavy atom. The van der Waals surface area contributed by atoms with Crippen LogP contribution in [0.15, 0.2) is 11.8 Å². The van der Waals surface area contributed by atoms with Gasteiger partial charge in [-0.15, -0.1) is 0 Å². The molecular formula is C10H22O2Si. The van der Waals surface area contributed by atoms with Crippen molar-refractivity contribution in [1.82, 2.24) is 0 Å². The van der Waals surface area contributed by atoms with Crippen LogP contribution in [0.5, 0.6) is 0 Å². The summed E-state index contributed by atoms with van der Waals surface area (Å²) in [6, 6.07) is 0. The molecule has 0 rings (SSSR count). The Balaban J connectivity index is 3.46. The number of rotatable bonds is 6.